The lowest BCUT2D eigenvalue weighted by Gasteiger charge is -2.37. The number of nitrogens with zero attached hydrogens (tertiary/aromatic N) is 3. The molecular formula is C15H22N4O3S. The Morgan fingerprint density at radius 2 is 1.87 bits per heavy atom. The third-order valence-electron chi connectivity index (χ3n) is 4.51. The van der Waals surface area contributed by atoms with Crippen LogP contribution in [0.4, 0.5) is 10.5 Å². The van der Waals surface area contributed by atoms with Gasteiger partial charge < -0.3 is 15.1 Å². The van der Waals surface area contributed by atoms with E-state index in [1.54, 1.807) is 17.3 Å². The fraction of sp³-hybridized carbons (Fsp3) is 0.600. The first-order valence-corrected chi connectivity index (χ1v) is 9.62. The standard InChI is InChI=1S/C15H22N4O3S/c1-15(4-11-23(21,22)12-15)17-14(20)19-9-7-18(8-10-19)13-2-5-16-6-3-13/h2-3,5-6H,4,7-12H2,1H3,(H,17,20). The van der Waals surface area contributed by atoms with Crippen molar-refractivity contribution < 1.29 is 13.2 Å². The summed E-state index contributed by atoms with van der Waals surface area (Å²) in [6, 6.07) is 3.75. The van der Waals surface area contributed by atoms with Crippen LogP contribution in [-0.4, -0.2) is 67.6 Å². The Kier molecular flexibility index (Phi) is 4.18. The molecule has 0 spiro atoms. The molecule has 8 heteroatoms. The molecule has 0 aromatic carbocycles. The van der Waals surface area contributed by atoms with E-state index >= 15 is 0 Å². The molecule has 2 amide bonds. The zero-order valence-corrected chi connectivity index (χ0v) is 14.1. The first kappa shape index (κ1) is 16.0. The Balaban J connectivity index is 1.55. The van der Waals surface area contributed by atoms with Crippen molar-refractivity contribution >= 4 is 21.6 Å². The van der Waals surface area contributed by atoms with Crippen LogP contribution in [0, 0.1) is 0 Å². The van der Waals surface area contributed by atoms with Gasteiger partial charge in [-0.05, 0) is 25.5 Å². The van der Waals surface area contributed by atoms with Crippen molar-refractivity contribution in [3.05, 3.63) is 24.5 Å². The molecule has 0 aliphatic carbocycles. The molecule has 23 heavy (non-hydrogen) atoms. The highest BCUT2D eigenvalue weighted by Crippen LogP contribution is 2.23. The molecule has 1 aromatic heterocycles. The third-order valence-corrected chi connectivity index (χ3v) is 6.41. The summed E-state index contributed by atoms with van der Waals surface area (Å²) in [6.45, 7) is 4.57. The molecular weight excluding hydrogens is 316 g/mol. The first-order chi connectivity index (χ1) is 10.9. The zero-order chi connectivity index (χ0) is 16.5. The number of aromatic nitrogens is 1. The van der Waals surface area contributed by atoms with Gasteiger partial charge in [0, 0.05) is 44.3 Å². The smallest absolute Gasteiger partial charge is 0.317 e. The number of carbonyl (C=O) groups is 1. The summed E-state index contributed by atoms with van der Waals surface area (Å²) in [5.41, 5.74) is 0.465. The number of amides is 2. The summed E-state index contributed by atoms with van der Waals surface area (Å²) in [6.07, 6.45) is 4.00. The number of sulfone groups is 1. The quantitative estimate of drug-likeness (QED) is 0.849. The molecule has 2 aliphatic rings. The van der Waals surface area contributed by atoms with Gasteiger partial charge in [-0.15, -0.1) is 0 Å². The van der Waals surface area contributed by atoms with Gasteiger partial charge in [0.2, 0.25) is 0 Å². The number of anilines is 1. The van der Waals surface area contributed by atoms with E-state index in [1.807, 2.05) is 19.1 Å². The van der Waals surface area contributed by atoms with Crippen LogP contribution in [0.2, 0.25) is 0 Å². The fourth-order valence-corrected chi connectivity index (χ4v) is 5.26. The molecule has 2 aliphatic heterocycles. The molecule has 1 atom stereocenters. The molecule has 1 aromatic rings. The Labute approximate surface area is 136 Å². The van der Waals surface area contributed by atoms with E-state index in [-0.39, 0.29) is 17.5 Å². The van der Waals surface area contributed by atoms with Crippen LogP contribution in [0.1, 0.15) is 13.3 Å². The van der Waals surface area contributed by atoms with Crippen molar-refractivity contribution in [2.45, 2.75) is 18.9 Å². The molecule has 2 saturated heterocycles. The molecule has 1 unspecified atom stereocenters. The summed E-state index contributed by atoms with van der Waals surface area (Å²) < 4.78 is 23.3. The Morgan fingerprint density at radius 3 is 2.43 bits per heavy atom. The monoisotopic (exact) mass is 338 g/mol. The number of rotatable bonds is 2. The van der Waals surface area contributed by atoms with Gasteiger partial charge in [-0.1, -0.05) is 0 Å². The van der Waals surface area contributed by atoms with E-state index in [2.05, 4.69) is 15.2 Å². The van der Waals surface area contributed by atoms with E-state index in [0.717, 1.165) is 18.8 Å². The van der Waals surface area contributed by atoms with Crippen molar-refractivity contribution in [2.24, 2.45) is 0 Å². The Hall–Kier alpha value is -1.83. The van der Waals surface area contributed by atoms with Gasteiger partial charge in [-0.2, -0.15) is 0 Å². The number of urea groups is 1. The summed E-state index contributed by atoms with van der Waals surface area (Å²) >= 11 is 0. The maximum Gasteiger partial charge on any atom is 0.317 e. The second-order valence-electron chi connectivity index (χ2n) is 6.51. The van der Waals surface area contributed by atoms with Gasteiger partial charge in [0.05, 0.1) is 17.0 Å². The number of pyridine rings is 1. The maximum absolute atomic E-state index is 12.4. The SMILES string of the molecule is CC1(NC(=O)N2CCN(c3ccncc3)CC2)CCS(=O)(=O)C1. The topological polar surface area (TPSA) is 82.6 Å². The predicted octanol–water partition coefficient (Wildman–Crippen LogP) is 0.490. The average molecular weight is 338 g/mol. The van der Waals surface area contributed by atoms with Gasteiger partial charge in [-0.25, -0.2) is 13.2 Å². The molecule has 7 nitrogen and oxygen atoms in total. The van der Waals surface area contributed by atoms with Crippen LogP contribution in [0.3, 0.4) is 0 Å². The van der Waals surface area contributed by atoms with E-state index in [4.69, 9.17) is 0 Å². The lowest BCUT2D eigenvalue weighted by molar-refractivity contribution is 0.184. The number of nitrogens with one attached hydrogen (secondary N) is 1. The van der Waals surface area contributed by atoms with E-state index in [9.17, 15) is 13.2 Å². The second kappa shape index (κ2) is 5.99. The van der Waals surface area contributed by atoms with Crippen LogP contribution in [-0.2, 0) is 9.84 Å². The molecule has 0 saturated carbocycles. The van der Waals surface area contributed by atoms with E-state index in [1.165, 1.54) is 0 Å². The number of piperazine rings is 1. The highest BCUT2D eigenvalue weighted by atomic mass is 32.2. The van der Waals surface area contributed by atoms with Gasteiger partial charge in [-0.3, -0.25) is 4.98 Å². The minimum Gasteiger partial charge on any atom is -0.368 e. The van der Waals surface area contributed by atoms with Gasteiger partial charge in [0.15, 0.2) is 9.84 Å². The van der Waals surface area contributed by atoms with Crippen molar-refractivity contribution in [3.8, 4) is 0 Å². The average Bonchev–Trinajstić information content (AvgIpc) is 2.81. The summed E-state index contributed by atoms with van der Waals surface area (Å²) in [4.78, 5) is 20.4. The predicted molar refractivity (Wildman–Crippen MR) is 88.2 cm³/mol. The Bertz CT molecular complexity index is 671. The minimum atomic E-state index is -3.02. The third kappa shape index (κ3) is 3.74. The molecule has 0 radical (unpaired) electrons. The van der Waals surface area contributed by atoms with Crippen LogP contribution in [0.15, 0.2) is 24.5 Å². The second-order valence-corrected chi connectivity index (χ2v) is 8.70. The maximum atomic E-state index is 12.4. The molecule has 2 fully saturated rings. The van der Waals surface area contributed by atoms with Crippen LogP contribution < -0.4 is 10.2 Å². The Morgan fingerprint density at radius 1 is 1.22 bits per heavy atom. The number of carbonyl (C=O) groups excluding carboxylic acids is 1. The fourth-order valence-electron chi connectivity index (χ4n) is 3.17. The summed E-state index contributed by atoms with van der Waals surface area (Å²) in [5, 5.41) is 2.91. The highest BCUT2D eigenvalue weighted by molar-refractivity contribution is 7.91. The van der Waals surface area contributed by atoms with Crippen LogP contribution >= 0.6 is 0 Å². The van der Waals surface area contributed by atoms with E-state index < -0.39 is 15.4 Å². The zero-order valence-electron chi connectivity index (χ0n) is 13.2. The summed E-state index contributed by atoms with van der Waals surface area (Å²) in [5.74, 6) is 0.183. The van der Waals surface area contributed by atoms with Gasteiger partial charge in [0.1, 0.15) is 0 Å². The lowest BCUT2D eigenvalue weighted by atomic mass is 10.0. The van der Waals surface area contributed by atoms with Crippen molar-refractivity contribution in [1.29, 1.82) is 0 Å². The van der Waals surface area contributed by atoms with Crippen molar-refractivity contribution in [2.75, 3.05) is 42.6 Å². The summed E-state index contributed by atoms with van der Waals surface area (Å²) in [7, 11) is -3.02. The molecule has 1 N–H and O–H groups in total. The first-order valence-electron chi connectivity index (χ1n) is 7.79. The highest BCUT2D eigenvalue weighted by Gasteiger charge is 2.40. The molecule has 126 valence electrons. The van der Waals surface area contributed by atoms with Crippen LogP contribution in [0.25, 0.3) is 0 Å². The van der Waals surface area contributed by atoms with Gasteiger partial charge >= 0.3 is 6.03 Å². The van der Waals surface area contributed by atoms with Gasteiger partial charge in [0.25, 0.3) is 0 Å². The molecule has 3 heterocycles. The molecule has 3 rings (SSSR count). The number of hydrogen-bond acceptors (Lipinski definition) is 5. The minimum absolute atomic E-state index is 0.0305. The van der Waals surface area contributed by atoms with Crippen LogP contribution in [0.5, 0.6) is 0 Å². The van der Waals surface area contributed by atoms with Crippen molar-refractivity contribution in [1.82, 2.24) is 15.2 Å². The van der Waals surface area contributed by atoms with E-state index in [0.29, 0.717) is 19.5 Å². The lowest BCUT2D eigenvalue weighted by Crippen LogP contribution is -2.57. The largest absolute Gasteiger partial charge is 0.368 e. The molecule has 0 bridgehead atoms. The normalized spacial score (nSPS) is 27.0. The number of hydrogen-bond donors (Lipinski definition) is 1. The van der Waals surface area contributed by atoms with Crippen molar-refractivity contribution in [3.63, 3.8) is 0 Å².